The van der Waals surface area contributed by atoms with Crippen LogP contribution in [0.25, 0.3) is 0 Å². The van der Waals surface area contributed by atoms with Crippen molar-refractivity contribution >= 4 is 27.5 Å². The Balaban J connectivity index is 2.17. The lowest BCUT2D eigenvalue weighted by atomic mass is 10.2. The van der Waals surface area contributed by atoms with Gasteiger partial charge in [-0.15, -0.1) is 0 Å². The summed E-state index contributed by atoms with van der Waals surface area (Å²) in [7, 11) is 0. The zero-order valence-electron chi connectivity index (χ0n) is 11.1. The highest BCUT2D eigenvalue weighted by Crippen LogP contribution is 2.26. The second-order valence-corrected chi connectivity index (χ2v) is 5.59. The Morgan fingerprint density at radius 1 is 1.30 bits per heavy atom. The second-order valence-electron chi connectivity index (χ2n) is 4.24. The van der Waals surface area contributed by atoms with E-state index in [1.807, 2.05) is 6.07 Å². The average Bonchev–Trinajstić information content (AvgIpc) is 2.42. The summed E-state index contributed by atoms with van der Waals surface area (Å²) in [5.74, 6) is 1.13. The molecule has 0 aliphatic rings. The largest absolute Gasteiger partial charge is 0.437 e. The number of aromatic nitrogens is 2. The highest BCUT2D eigenvalue weighted by atomic mass is 79.9. The molecule has 0 radical (unpaired) electrons. The molecular formula is C14H15BrClN3O. The van der Waals surface area contributed by atoms with E-state index in [9.17, 15) is 0 Å². The molecule has 2 aromatic heterocycles. The van der Waals surface area contributed by atoms with Crippen LogP contribution in [0.5, 0.6) is 11.6 Å². The van der Waals surface area contributed by atoms with E-state index in [-0.39, 0.29) is 0 Å². The lowest BCUT2D eigenvalue weighted by Crippen LogP contribution is -2.14. The highest BCUT2D eigenvalue weighted by Gasteiger charge is 2.08. The average molecular weight is 357 g/mol. The van der Waals surface area contributed by atoms with Crippen molar-refractivity contribution < 1.29 is 4.74 Å². The molecule has 2 aromatic rings. The van der Waals surface area contributed by atoms with Gasteiger partial charge in [0.1, 0.15) is 5.75 Å². The van der Waals surface area contributed by atoms with Crippen molar-refractivity contribution in [2.24, 2.45) is 0 Å². The van der Waals surface area contributed by atoms with E-state index in [1.165, 1.54) is 0 Å². The summed E-state index contributed by atoms with van der Waals surface area (Å²) < 4.78 is 6.68. The zero-order valence-corrected chi connectivity index (χ0v) is 13.4. The van der Waals surface area contributed by atoms with E-state index in [2.05, 4.69) is 38.1 Å². The second kappa shape index (κ2) is 7.57. The molecule has 2 rings (SSSR count). The van der Waals surface area contributed by atoms with Gasteiger partial charge in [-0.25, -0.2) is 4.98 Å². The Morgan fingerprint density at radius 3 is 2.90 bits per heavy atom. The molecular weight excluding hydrogens is 342 g/mol. The van der Waals surface area contributed by atoms with Crippen LogP contribution in [0.1, 0.15) is 18.9 Å². The fourth-order valence-electron chi connectivity index (χ4n) is 1.65. The molecule has 0 bridgehead atoms. The molecule has 0 spiro atoms. The number of rotatable bonds is 6. The summed E-state index contributed by atoms with van der Waals surface area (Å²) >= 11 is 9.32. The fraction of sp³-hybridized carbons (Fsp3) is 0.286. The van der Waals surface area contributed by atoms with Gasteiger partial charge in [0.15, 0.2) is 0 Å². The molecule has 0 saturated heterocycles. The molecule has 0 atom stereocenters. The van der Waals surface area contributed by atoms with Crippen molar-refractivity contribution in [1.29, 1.82) is 0 Å². The van der Waals surface area contributed by atoms with Crippen LogP contribution in [0.2, 0.25) is 5.02 Å². The molecule has 0 aliphatic carbocycles. The highest BCUT2D eigenvalue weighted by molar-refractivity contribution is 9.10. The Hall–Kier alpha value is -1.17. The summed E-state index contributed by atoms with van der Waals surface area (Å²) in [6.45, 7) is 3.77. The van der Waals surface area contributed by atoms with Crippen LogP contribution in [0.3, 0.4) is 0 Å². The Labute approximate surface area is 131 Å². The first-order chi connectivity index (χ1) is 9.69. The molecule has 0 unspecified atom stereocenters. The Morgan fingerprint density at radius 2 is 2.15 bits per heavy atom. The fourth-order valence-corrected chi connectivity index (χ4v) is 2.19. The first kappa shape index (κ1) is 15.2. The standard InChI is InChI=1S/C14H15BrClN3O/c1-2-3-17-6-10-4-11(15)7-19-14(10)20-13-5-12(16)8-18-9-13/h4-5,7-9,17H,2-3,6H2,1H3. The molecule has 1 N–H and O–H groups in total. The Bertz CT molecular complexity index is 580. The predicted molar refractivity (Wildman–Crippen MR) is 83.3 cm³/mol. The number of ether oxygens (including phenoxy) is 1. The molecule has 106 valence electrons. The number of nitrogens with zero attached hydrogens (tertiary/aromatic N) is 2. The minimum absolute atomic E-state index is 0.533. The van der Waals surface area contributed by atoms with Gasteiger partial charge >= 0.3 is 0 Å². The number of halogens is 2. The monoisotopic (exact) mass is 355 g/mol. The molecule has 4 nitrogen and oxygen atoms in total. The van der Waals surface area contributed by atoms with Crippen molar-refractivity contribution in [3.63, 3.8) is 0 Å². The summed E-state index contributed by atoms with van der Waals surface area (Å²) in [4.78, 5) is 8.30. The van der Waals surface area contributed by atoms with Gasteiger partial charge in [0.05, 0.1) is 11.2 Å². The maximum absolute atomic E-state index is 5.90. The lowest BCUT2D eigenvalue weighted by Gasteiger charge is -2.11. The van der Waals surface area contributed by atoms with Crippen LogP contribution in [-0.2, 0) is 6.54 Å². The number of nitrogens with one attached hydrogen (secondary N) is 1. The molecule has 0 amide bonds. The molecule has 0 aliphatic heterocycles. The van der Waals surface area contributed by atoms with Crippen LogP contribution < -0.4 is 10.1 Å². The number of hydrogen-bond donors (Lipinski definition) is 1. The van der Waals surface area contributed by atoms with Gasteiger partial charge in [-0.1, -0.05) is 18.5 Å². The maximum atomic E-state index is 5.90. The van der Waals surface area contributed by atoms with Crippen molar-refractivity contribution in [2.75, 3.05) is 6.54 Å². The smallest absolute Gasteiger partial charge is 0.223 e. The van der Waals surface area contributed by atoms with Gasteiger partial charge in [-0.3, -0.25) is 4.98 Å². The molecule has 6 heteroatoms. The van der Waals surface area contributed by atoms with E-state index in [0.29, 0.717) is 23.2 Å². The van der Waals surface area contributed by atoms with E-state index >= 15 is 0 Å². The van der Waals surface area contributed by atoms with Crippen LogP contribution in [0.15, 0.2) is 35.2 Å². The summed E-state index contributed by atoms with van der Waals surface area (Å²) in [6.07, 6.45) is 5.96. The summed E-state index contributed by atoms with van der Waals surface area (Å²) in [5, 5.41) is 3.87. The third-order valence-corrected chi connectivity index (χ3v) is 3.17. The number of pyridine rings is 2. The molecule has 0 fully saturated rings. The predicted octanol–water partition coefficient (Wildman–Crippen LogP) is 4.18. The van der Waals surface area contributed by atoms with Crippen LogP contribution in [0, 0.1) is 0 Å². The summed E-state index contributed by atoms with van der Waals surface area (Å²) in [5.41, 5.74) is 0.979. The molecule has 2 heterocycles. The zero-order chi connectivity index (χ0) is 14.4. The third kappa shape index (κ3) is 4.44. The lowest BCUT2D eigenvalue weighted by molar-refractivity contribution is 0.450. The van der Waals surface area contributed by atoms with Gasteiger partial charge in [-0.2, -0.15) is 0 Å². The van der Waals surface area contributed by atoms with E-state index < -0.39 is 0 Å². The Kier molecular flexibility index (Phi) is 5.76. The van der Waals surface area contributed by atoms with Crippen molar-refractivity contribution in [2.45, 2.75) is 19.9 Å². The number of hydrogen-bond acceptors (Lipinski definition) is 4. The van der Waals surface area contributed by atoms with Gasteiger partial charge in [0.2, 0.25) is 5.88 Å². The van der Waals surface area contributed by atoms with Crippen LogP contribution in [-0.4, -0.2) is 16.5 Å². The van der Waals surface area contributed by atoms with Gasteiger partial charge in [-0.05, 0) is 35.0 Å². The van der Waals surface area contributed by atoms with E-state index in [4.69, 9.17) is 16.3 Å². The molecule has 0 aromatic carbocycles. The van der Waals surface area contributed by atoms with Crippen LogP contribution in [0.4, 0.5) is 0 Å². The van der Waals surface area contributed by atoms with Crippen molar-refractivity contribution in [1.82, 2.24) is 15.3 Å². The topological polar surface area (TPSA) is 47.0 Å². The maximum Gasteiger partial charge on any atom is 0.223 e. The molecule has 0 saturated carbocycles. The molecule has 20 heavy (non-hydrogen) atoms. The van der Waals surface area contributed by atoms with E-state index in [0.717, 1.165) is 23.0 Å². The third-order valence-electron chi connectivity index (χ3n) is 2.53. The van der Waals surface area contributed by atoms with Gasteiger partial charge in [0, 0.05) is 35.0 Å². The van der Waals surface area contributed by atoms with E-state index in [1.54, 1.807) is 24.7 Å². The first-order valence-electron chi connectivity index (χ1n) is 6.32. The van der Waals surface area contributed by atoms with Crippen LogP contribution >= 0.6 is 27.5 Å². The minimum Gasteiger partial charge on any atom is -0.437 e. The summed E-state index contributed by atoms with van der Waals surface area (Å²) in [6, 6.07) is 3.70. The van der Waals surface area contributed by atoms with Crippen molar-refractivity contribution in [3.8, 4) is 11.6 Å². The quantitative estimate of drug-likeness (QED) is 0.789. The van der Waals surface area contributed by atoms with Crippen molar-refractivity contribution in [3.05, 3.63) is 45.8 Å². The minimum atomic E-state index is 0.533. The van der Waals surface area contributed by atoms with Gasteiger partial charge in [0.25, 0.3) is 0 Å². The SMILES string of the molecule is CCCNCc1cc(Br)cnc1Oc1cncc(Cl)c1. The van der Waals surface area contributed by atoms with Gasteiger partial charge < -0.3 is 10.1 Å². The first-order valence-corrected chi connectivity index (χ1v) is 7.49. The normalized spacial score (nSPS) is 10.6.